The summed E-state index contributed by atoms with van der Waals surface area (Å²) >= 11 is 5.19. The molecule has 2 nitrogen and oxygen atoms in total. The number of nitrogens with zero attached hydrogens (tertiary/aromatic N) is 1. The summed E-state index contributed by atoms with van der Waals surface area (Å²) in [4.78, 5) is 7.39. The van der Waals surface area contributed by atoms with E-state index < -0.39 is 11.6 Å². The van der Waals surface area contributed by atoms with Crippen LogP contribution in [-0.4, -0.2) is 9.97 Å². The Morgan fingerprint density at radius 3 is 2.26 bits per heavy atom. The highest BCUT2D eigenvalue weighted by Gasteiger charge is 2.11. The number of aromatic amines is 1. The Kier molecular flexibility index (Phi) is 3.75. The molecule has 2 aromatic rings. The van der Waals surface area contributed by atoms with Gasteiger partial charge in [-0.15, -0.1) is 0 Å². The van der Waals surface area contributed by atoms with Gasteiger partial charge in [-0.3, -0.25) is 0 Å². The molecule has 0 atom stereocenters. The molecule has 0 saturated heterocycles. The minimum Gasteiger partial charge on any atom is -0.343 e. The number of halogens is 2. The largest absolute Gasteiger partial charge is 0.343 e. The molecule has 100 valence electrons. The Labute approximate surface area is 115 Å². The zero-order valence-electron chi connectivity index (χ0n) is 10.9. The van der Waals surface area contributed by atoms with Crippen molar-refractivity contribution in [1.29, 1.82) is 0 Å². The lowest BCUT2D eigenvalue weighted by molar-refractivity contribution is 0.584. The van der Waals surface area contributed by atoms with Crippen LogP contribution in [0.4, 0.5) is 8.78 Å². The first-order valence-electron chi connectivity index (χ1n) is 5.95. The van der Waals surface area contributed by atoms with Crippen LogP contribution in [0, 0.1) is 23.2 Å². The van der Waals surface area contributed by atoms with Crippen LogP contribution in [0.15, 0.2) is 18.2 Å². The van der Waals surface area contributed by atoms with Gasteiger partial charge in [-0.05, 0) is 19.1 Å². The van der Waals surface area contributed by atoms with Gasteiger partial charge < -0.3 is 4.98 Å². The molecule has 0 amide bonds. The fourth-order valence-electron chi connectivity index (χ4n) is 1.81. The summed E-state index contributed by atoms with van der Waals surface area (Å²) in [5.74, 6) is -0.372. The van der Waals surface area contributed by atoms with Crippen molar-refractivity contribution >= 4 is 12.2 Å². The summed E-state index contributed by atoms with van der Waals surface area (Å²) < 4.78 is 27.1. The molecule has 0 spiro atoms. The molecule has 1 aromatic carbocycles. The fourth-order valence-corrected chi connectivity index (χ4v) is 2.01. The summed E-state index contributed by atoms with van der Waals surface area (Å²) in [6.07, 6.45) is 0. The third kappa shape index (κ3) is 2.87. The maximum Gasteiger partial charge on any atom is 0.133 e. The zero-order chi connectivity index (χ0) is 14.2. The minimum atomic E-state index is -0.614. The smallest absolute Gasteiger partial charge is 0.133 e. The van der Waals surface area contributed by atoms with Gasteiger partial charge in [-0.2, -0.15) is 0 Å². The highest BCUT2D eigenvalue weighted by Crippen LogP contribution is 2.25. The van der Waals surface area contributed by atoms with Crippen LogP contribution >= 0.6 is 12.2 Å². The van der Waals surface area contributed by atoms with Crippen LogP contribution in [0.1, 0.15) is 31.2 Å². The molecule has 0 aliphatic carbocycles. The number of hydrogen-bond donors (Lipinski definition) is 1. The molecule has 2 rings (SSSR count). The molecule has 1 heterocycles. The molecule has 0 saturated carbocycles. The Balaban J connectivity index is 2.70. The van der Waals surface area contributed by atoms with Crippen LogP contribution in [0.25, 0.3) is 11.3 Å². The maximum atomic E-state index is 13.3. The summed E-state index contributed by atoms with van der Waals surface area (Å²) in [5, 5.41) is 0. The van der Waals surface area contributed by atoms with Gasteiger partial charge in [0, 0.05) is 23.1 Å². The van der Waals surface area contributed by atoms with E-state index in [-0.39, 0.29) is 5.92 Å². The molecule has 19 heavy (non-hydrogen) atoms. The second-order valence-electron chi connectivity index (χ2n) is 4.74. The van der Waals surface area contributed by atoms with E-state index in [1.54, 1.807) is 6.92 Å². The van der Waals surface area contributed by atoms with Gasteiger partial charge in [0.15, 0.2) is 0 Å². The van der Waals surface area contributed by atoms with Gasteiger partial charge in [0.1, 0.15) is 22.1 Å². The lowest BCUT2D eigenvalue weighted by Crippen LogP contribution is -2.02. The quantitative estimate of drug-likeness (QED) is 0.819. The first kappa shape index (κ1) is 13.8. The third-order valence-corrected chi connectivity index (χ3v) is 3.27. The molecule has 1 N–H and O–H groups in total. The van der Waals surface area contributed by atoms with Crippen molar-refractivity contribution in [2.75, 3.05) is 0 Å². The Hall–Kier alpha value is -1.62. The van der Waals surface area contributed by atoms with Gasteiger partial charge in [0.25, 0.3) is 0 Å². The van der Waals surface area contributed by atoms with Crippen LogP contribution in [-0.2, 0) is 0 Å². The number of aromatic nitrogens is 2. The predicted molar refractivity (Wildman–Crippen MR) is 73.6 cm³/mol. The maximum absolute atomic E-state index is 13.3. The molecule has 1 aromatic heterocycles. The number of hydrogen-bond acceptors (Lipinski definition) is 2. The van der Waals surface area contributed by atoms with Gasteiger partial charge >= 0.3 is 0 Å². The van der Waals surface area contributed by atoms with Gasteiger partial charge in [0.05, 0.1) is 5.69 Å². The summed E-state index contributed by atoms with van der Waals surface area (Å²) in [6, 6.07) is 3.40. The van der Waals surface area contributed by atoms with E-state index in [4.69, 9.17) is 12.2 Å². The molecule has 0 aliphatic rings. The lowest BCUT2D eigenvalue weighted by Gasteiger charge is -2.12. The average Bonchev–Trinajstić information content (AvgIpc) is 2.30. The lowest BCUT2D eigenvalue weighted by atomic mass is 10.1. The Bertz CT molecular complexity index is 657. The average molecular weight is 280 g/mol. The summed E-state index contributed by atoms with van der Waals surface area (Å²) in [5.41, 5.74) is 1.76. The Morgan fingerprint density at radius 2 is 1.74 bits per heavy atom. The highest BCUT2D eigenvalue weighted by molar-refractivity contribution is 7.71. The van der Waals surface area contributed by atoms with E-state index in [1.807, 2.05) is 13.8 Å². The van der Waals surface area contributed by atoms with Crippen LogP contribution in [0.3, 0.4) is 0 Å². The van der Waals surface area contributed by atoms with Crippen molar-refractivity contribution in [1.82, 2.24) is 9.97 Å². The molecule has 0 fully saturated rings. The number of benzene rings is 1. The van der Waals surface area contributed by atoms with Crippen LogP contribution in [0.5, 0.6) is 0 Å². The molecule has 5 heteroatoms. The fraction of sp³-hybridized carbons (Fsp3) is 0.286. The Morgan fingerprint density at radius 1 is 1.16 bits per heavy atom. The van der Waals surface area contributed by atoms with Crippen molar-refractivity contribution in [2.24, 2.45) is 0 Å². The van der Waals surface area contributed by atoms with E-state index in [1.165, 1.54) is 12.1 Å². The second-order valence-corrected chi connectivity index (χ2v) is 5.13. The van der Waals surface area contributed by atoms with Crippen molar-refractivity contribution in [3.8, 4) is 11.3 Å². The topological polar surface area (TPSA) is 28.7 Å². The van der Waals surface area contributed by atoms with Crippen LogP contribution < -0.4 is 0 Å². The first-order chi connectivity index (χ1) is 8.88. The predicted octanol–water partition coefficient (Wildman–Crippen LogP) is 4.52. The van der Waals surface area contributed by atoms with E-state index in [2.05, 4.69) is 9.97 Å². The molecule has 0 aliphatic heterocycles. The standard InChI is InChI=1S/C14H14F2N2S/c1-7(2)13-17-12(8(3)14(19)18-13)9-4-10(15)6-11(16)5-9/h4-7H,1-3H3,(H,17,18,19). The SMILES string of the molecule is Cc1c(-c2cc(F)cc(F)c2)[nH]c(C(C)C)nc1=S. The molecule has 0 radical (unpaired) electrons. The van der Waals surface area contributed by atoms with Crippen molar-refractivity contribution in [2.45, 2.75) is 26.7 Å². The van der Waals surface area contributed by atoms with E-state index >= 15 is 0 Å². The molecular weight excluding hydrogens is 266 g/mol. The first-order valence-corrected chi connectivity index (χ1v) is 6.36. The van der Waals surface area contributed by atoms with Gasteiger partial charge in [0.2, 0.25) is 0 Å². The normalized spacial score (nSPS) is 11.1. The van der Waals surface area contributed by atoms with E-state index in [0.29, 0.717) is 27.3 Å². The summed E-state index contributed by atoms with van der Waals surface area (Å²) in [6.45, 7) is 5.73. The number of nitrogens with one attached hydrogen (secondary N) is 1. The number of H-pyrrole nitrogens is 1. The van der Waals surface area contributed by atoms with Gasteiger partial charge in [-0.1, -0.05) is 26.1 Å². The molecule has 0 unspecified atom stereocenters. The van der Waals surface area contributed by atoms with Crippen molar-refractivity contribution in [3.05, 3.63) is 45.9 Å². The van der Waals surface area contributed by atoms with Gasteiger partial charge in [-0.25, -0.2) is 13.8 Å². The zero-order valence-corrected chi connectivity index (χ0v) is 11.7. The molecular formula is C14H14F2N2S. The second kappa shape index (κ2) is 5.17. The molecule has 0 bridgehead atoms. The highest BCUT2D eigenvalue weighted by atomic mass is 32.1. The third-order valence-electron chi connectivity index (χ3n) is 2.87. The van der Waals surface area contributed by atoms with Crippen molar-refractivity contribution in [3.63, 3.8) is 0 Å². The number of rotatable bonds is 2. The van der Waals surface area contributed by atoms with Crippen LogP contribution in [0.2, 0.25) is 0 Å². The van der Waals surface area contributed by atoms with E-state index in [9.17, 15) is 8.78 Å². The minimum absolute atomic E-state index is 0.152. The van der Waals surface area contributed by atoms with E-state index in [0.717, 1.165) is 6.07 Å². The monoisotopic (exact) mass is 280 g/mol. The van der Waals surface area contributed by atoms with Crippen molar-refractivity contribution < 1.29 is 8.78 Å². The summed E-state index contributed by atoms with van der Waals surface area (Å²) in [7, 11) is 0.